The maximum absolute atomic E-state index is 12.3. The molecule has 1 amide bonds. The Hall–Kier alpha value is -3.24. The second-order valence-electron chi connectivity index (χ2n) is 13.1. The number of rotatable bonds is 7. The number of pyridine rings is 1. The topological polar surface area (TPSA) is 48.7 Å². The Kier molecular flexibility index (Phi) is 17.0. The summed E-state index contributed by atoms with van der Waals surface area (Å²) in [6, 6.07) is 18.1. The minimum absolute atomic E-state index is 0. The number of halogens is 8. The Balaban J connectivity index is 0.000000320. The fourth-order valence-electron chi connectivity index (χ4n) is 6.10. The Labute approximate surface area is 327 Å². The van der Waals surface area contributed by atoms with E-state index in [1.807, 2.05) is 54.6 Å². The van der Waals surface area contributed by atoms with E-state index in [0.29, 0.717) is 17.0 Å². The fraction of sp³-hybridized carbons (Fsp3) is 0.316. The van der Waals surface area contributed by atoms with E-state index in [2.05, 4.69) is 87.6 Å². The van der Waals surface area contributed by atoms with Gasteiger partial charge in [-0.25, -0.2) is 0 Å². The maximum Gasteiger partial charge on any atom is -1.00 e. The molecule has 1 saturated heterocycles. The quantitative estimate of drug-likeness (QED) is 0.0665. The van der Waals surface area contributed by atoms with Crippen LogP contribution in [0.4, 0.5) is 38.0 Å². The van der Waals surface area contributed by atoms with Gasteiger partial charge in [0, 0.05) is 24.5 Å². The Morgan fingerprint density at radius 2 is 1.26 bits per heavy atom. The van der Waals surface area contributed by atoms with Gasteiger partial charge in [0.25, 0.3) is 0 Å². The van der Waals surface area contributed by atoms with Gasteiger partial charge in [0.15, 0.2) is 0 Å². The monoisotopic (exact) mass is 907 g/mol. The number of aryl methyl sites for hydroxylation is 7. The zero-order valence-corrected chi connectivity index (χ0v) is 35.6. The first-order valence-electron chi connectivity index (χ1n) is 16.5. The fourth-order valence-corrected chi connectivity index (χ4v) is 7.88. The minimum atomic E-state index is -8.55. The van der Waals surface area contributed by atoms with Crippen LogP contribution in [-0.4, -0.2) is 29.7 Å². The van der Waals surface area contributed by atoms with Crippen LogP contribution < -0.4 is 29.1 Å². The van der Waals surface area contributed by atoms with Crippen molar-refractivity contribution in [3.05, 3.63) is 118 Å². The number of hydrogen-bond acceptors (Lipinski definition) is 4. The van der Waals surface area contributed by atoms with Crippen molar-refractivity contribution in [1.29, 1.82) is 0 Å². The number of aromatic nitrogens is 1. The number of nitrogens with one attached hydrogen (secondary N) is 1. The third-order valence-corrected chi connectivity index (χ3v) is 9.60. The molecule has 3 aromatic carbocycles. The number of anilines is 3. The van der Waals surface area contributed by atoms with Gasteiger partial charge in [0.1, 0.15) is 0 Å². The molecule has 0 saturated carbocycles. The predicted octanol–water partition coefficient (Wildman–Crippen LogP) is 8.58. The summed E-state index contributed by atoms with van der Waals surface area (Å²) in [5.74, 6) is 0.528. The largest absolute Gasteiger partial charge is 1.00 e. The molecule has 1 fully saturated rings. The molecule has 0 unspecified atom stereocenters. The summed E-state index contributed by atoms with van der Waals surface area (Å²) in [4.78, 5) is 17.1. The molecule has 0 radical (unpaired) electrons. The average molecular weight is 908 g/mol. The van der Waals surface area contributed by atoms with Crippen LogP contribution in [-0.2, 0) is 20.6 Å². The second-order valence-corrected chi connectivity index (χ2v) is 20.1. The third kappa shape index (κ3) is 15.5. The minimum Gasteiger partial charge on any atom is -1.00 e. The number of carbonyl (C=O) groups excluding carboxylic acids is 1. The van der Waals surface area contributed by atoms with Crippen LogP contribution in [0, 0.1) is 48.2 Å². The summed E-state index contributed by atoms with van der Waals surface area (Å²) in [7, 11) is 5.34. The van der Waals surface area contributed by atoms with Crippen LogP contribution in [0.15, 0.2) is 67.0 Å². The standard InChI is InChI=1S/C21H27N2.C17H18N2O2.2ClH.F5P.FH.Ru/c1-14-9-16(3)20(17(4)10-14)22-7-8-23(13-22)21-18(5)11-15(2)12-19(21)6;1-12(2)21-16-6-5-15(11-13(16)3)18-17(20)14-7-9-19(4)10-8-14;;;1-6(2,3,4)5;;/h9-13H,7-8H2,1-6H3;3,5-12H,1-2,4H3;2*1H;;1H;/q-1;;;;;;+2/p-2. The molecule has 0 aliphatic carbocycles. The summed E-state index contributed by atoms with van der Waals surface area (Å²) < 4.78 is 58.6. The van der Waals surface area contributed by atoms with Crippen molar-refractivity contribution in [1.82, 2.24) is 0 Å². The Morgan fingerprint density at radius 3 is 1.65 bits per heavy atom. The van der Waals surface area contributed by atoms with E-state index in [0.717, 1.165) is 18.7 Å². The van der Waals surface area contributed by atoms with Crippen molar-refractivity contribution in [3.63, 3.8) is 0 Å². The van der Waals surface area contributed by atoms with Gasteiger partial charge in [-0.3, -0.25) is 0 Å². The average Bonchev–Trinajstić information content (AvgIpc) is 3.45. The number of amides is 1. The van der Waals surface area contributed by atoms with E-state index in [4.69, 9.17) is 24.1 Å². The van der Waals surface area contributed by atoms with Gasteiger partial charge in [0.05, 0.1) is 0 Å². The van der Waals surface area contributed by atoms with Gasteiger partial charge < -0.3 is 14.5 Å². The summed E-state index contributed by atoms with van der Waals surface area (Å²) in [6.45, 7) is 21.5. The smallest absolute Gasteiger partial charge is 1.00 e. The molecule has 1 aliphatic rings. The van der Waals surface area contributed by atoms with Gasteiger partial charge in [-0.15, -0.1) is 0 Å². The molecule has 5 rings (SSSR count). The van der Waals surface area contributed by atoms with Gasteiger partial charge in [0.2, 0.25) is 0 Å². The first-order chi connectivity index (χ1) is 24.4. The van der Waals surface area contributed by atoms with E-state index >= 15 is 0 Å². The normalized spacial score (nSPS) is 13.4. The predicted molar refractivity (Wildman–Crippen MR) is 207 cm³/mol. The van der Waals surface area contributed by atoms with E-state index in [1.165, 1.54) is 44.8 Å². The van der Waals surface area contributed by atoms with Crippen molar-refractivity contribution < 1.29 is 53.3 Å². The van der Waals surface area contributed by atoms with Crippen molar-refractivity contribution in [2.75, 3.05) is 28.2 Å². The zero-order chi connectivity index (χ0) is 39.9. The molecule has 4 aromatic rings. The molecule has 16 heteroatoms. The SMILES string of the molecule is CC(C)Oc1ccc(NC(=O)c2cc[n+](C)cc2)cc1[CH]=[Ru]([Cl])[Cl].Cc1cc(C)c(N2[CH-]N(c3c(C)cc(C)cc3C)CC2)c(C)c1.FP(F)(F)(F)F.[F-]. The second kappa shape index (κ2) is 19.6. The molecular weight excluding hydrogens is 861 g/mol. The zero-order valence-electron chi connectivity index (χ0n) is 31.5. The molecule has 300 valence electrons. The van der Waals surface area contributed by atoms with Gasteiger partial charge in [-0.05, 0) is 63.8 Å². The third-order valence-electron chi connectivity index (χ3n) is 7.76. The molecule has 0 bridgehead atoms. The molecule has 0 atom stereocenters. The van der Waals surface area contributed by atoms with Crippen LogP contribution in [0.2, 0.25) is 0 Å². The summed E-state index contributed by atoms with van der Waals surface area (Å²) in [6.07, 6.45) is 3.69. The van der Waals surface area contributed by atoms with E-state index in [9.17, 15) is 25.8 Å². The van der Waals surface area contributed by atoms with E-state index in [1.54, 1.807) is 18.2 Å². The number of ether oxygens (including phenoxy) is 1. The molecular formula is C38H46Cl2F6N4O2PRu-. The first kappa shape index (κ1) is 46.9. The number of nitrogens with zero attached hydrogens (tertiary/aromatic N) is 3. The van der Waals surface area contributed by atoms with E-state index in [-0.39, 0.29) is 16.7 Å². The number of carbonyl (C=O) groups is 1. The van der Waals surface area contributed by atoms with Gasteiger partial charge in [-0.1, -0.05) is 35.4 Å². The van der Waals surface area contributed by atoms with Crippen molar-refractivity contribution in [2.24, 2.45) is 7.05 Å². The summed E-state index contributed by atoms with van der Waals surface area (Å²) >= 11 is -2.01. The maximum atomic E-state index is 12.3. The number of benzene rings is 3. The molecule has 1 N–H and O–H groups in total. The van der Waals surface area contributed by atoms with Crippen molar-refractivity contribution in [2.45, 2.75) is 61.5 Å². The molecule has 6 nitrogen and oxygen atoms in total. The Morgan fingerprint density at radius 1 is 0.833 bits per heavy atom. The molecule has 54 heavy (non-hydrogen) atoms. The summed E-state index contributed by atoms with van der Waals surface area (Å²) in [5.41, 5.74) is 12.9. The number of hydrogen-bond donors (Lipinski definition) is 1. The molecule has 1 aliphatic heterocycles. The van der Waals surface area contributed by atoms with E-state index < -0.39 is 21.7 Å². The molecule has 0 spiro atoms. The van der Waals surface area contributed by atoms with Crippen LogP contribution in [0.3, 0.4) is 0 Å². The van der Waals surface area contributed by atoms with Gasteiger partial charge >= 0.3 is 184 Å². The van der Waals surface area contributed by atoms with Crippen molar-refractivity contribution in [3.8, 4) is 5.75 Å². The van der Waals surface area contributed by atoms with Crippen LogP contribution in [0.5, 0.6) is 5.75 Å². The van der Waals surface area contributed by atoms with Gasteiger partial charge in [-0.2, -0.15) is 6.67 Å². The molecule has 1 aromatic heterocycles. The van der Waals surface area contributed by atoms with Crippen LogP contribution in [0.25, 0.3) is 0 Å². The van der Waals surface area contributed by atoms with Crippen LogP contribution >= 0.6 is 27.5 Å². The molecule has 2 heterocycles. The summed E-state index contributed by atoms with van der Waals surface area (Å²) in [5, 5.41) is 2.88. The Bertz CT molecular complexity index is 1830. The first-order valence-corrected chi connectivity index (χ1v) is 23.7. The van der Waals surface area contributed by atoms with Crippen molar-refractivity contribution >= 4 is 55.1 Å². The van der Waals surface area contributed by atoms with Crippen LogP contribution in [0.1, 0.15) is 63.1 Å².